The van der Waals surface area contributed by atoms with Crippen LogP contribution in [0.15, 0.2) is 29.6 Å². The number of aromatic nitrogens is 1. The summed E-state index contributed by atoms with van der Waals surface area (Å²) in [6.45, 7) is 5.14. The van der Waals surface area contributed by atoms with E-state index in [0.717, 1.165) is 29.2 Å². The molecule has 6 heteroatoms. The minimum Gasteiger partial charge on any atom is -0.314 e. The number of nitro groups is 1. The fraction of sp³-hybridized carbons (Fsp3) is 0.357. The minimum atomic E-state index is -0.395. The van der Waals surface area contributed by atoms with Crippen molar-refractivity contribution >= 4 is 17.0 Å². The quantitative estimate of drug-likeness (QED) is 0.655. The highest BCUT2D eigenvalue weighted by atomic mass is 32.1. The van der Waals surface area contributed by atoms with Crippen LogP contribution < -0.4 is 5.32 Å². The molecule has 0 aliphatic rings. The van der Waals surface area contributed by atoms with Crippen molar-refractivity contribution in [2.24, 2.45) is 0 Å². The molecule has 0 bridgehead atoms. The number of non-ortho nitro benzene ring substituents is 1. The molecule has 1 aromatic carbocycles. The zero-order valence-corrected chi connectivity index (χ0v) is 12.3. The third-order valence-corrected chi connectivity index (χ3v) is 3.73. The van der Waals surface area contributed by atoms with Gasteiger partial charge in [0.05, 0.1) is 15.6 Å². The van der Waals surface area contributed by atoms with Crippen LogP contribution >= 0.6 is 11.3 Å². The lowest BCUT2D eigenvalue weighted by atomic mass is 10.1. The van der Waals surface area contributed by atoms with Gasteiger partial charge in [-0.2, -0.15) is 0 Å². The Bertz CT molecular complexity index is 578. The predicted octanol–water partition coefficient (Wildman–Crippen LogP) is 3.26. The van der Waals surface area contributed by atoms with Crippen LogP contribution in [0.5, 0.6) is 0 Å². The molecule has 0 fully saturated rings. The summed E-state index contributed by atoms with van der Waals surface area (Å²) >= 11 is 1.62. The van der Waals surface area contributed by atoms with Crippen molar-refractivity contribution in [2.75, 3.05) is 6.54 Å². The van der Waals surface area contributed by atoms with Crippen molar-refractivity contribution in [2.45, 2.75) is 26.3 Å². The van der Waals surface area contributed by atoms with Gasteiger partial charge in [-0.3, -0.25) is 10.1 Å². The van der Waals surface area contributed by atoms with Crippen LogP contribution in [0.1, 0.15) is 18.9 Å². The van der Waals surface area contributed by atoms with Crippen molar-refractivity contribution < 1.29 is 4.92 Å². The van der Waals surface area contributed by atoms with E-state index in [1.807, 2.05) is 5.38 Å². The first kappa shape index (κ1) is 14.6. The fourth-order valence-electron chi connectivity index (χ4n) is 1.78. The summed E-state index contributed by atoms with van der Waals surface area (Å²) in [4.78, 5) is 14.8. The molecule has 0 spiro atoms. The van der Waals surface area contributed by atoms with E-state index in [0.29, 0.717) is 6.04 Å². The first-order valence-electron chi connectivity index (χ1n) is 6.49. The number of rotatable bonds is 6. The molecule has 0 radical (unpaired) electrons. The van der Waals surface area contributed by atoms with Gasteiger partial charge in [0.1, 0.15) is 0 Å². The Morgan fingerprint density at radius 3 is 2.65 bits per heavy atom. The third kappa shape index (κ3) is 3.85. The van der Waals surface area contributed by atoms with E-state index in [1.54, 1.807) is 23.5 Å². The maximum absolute atomic E-state index is 10.6. The van der Waals surface area contributed by atoms with E-state index in [-0.39, 0.29) is 5.69 Å². The molecule has 1 heterocycles. The molecule has 1 aromatic heterocycles. The largest absolute Gasteiger partial charge is 0.314 e. The number of hydrogen-bond donors (Lipinski definition) is 1. The highest BCUT2D eigenvalue weighted by molar-refractivity contribution is 7.09. The summed E-state index contributed by atoms with van der Waals surface area (Å²) in [5.74, 6) is 0. The SMILES string of the molecule is CC(C)NCCc1nc(-c2ccc([N+](=O)[O-])cc2)cs1. The fourth-order valence-corrected chi connectivity index (χ4v) is 2.59. The van der Waals surface area contributed by atoms with Gasteiger partial charge >= 0.3 is 0 Å². The van der Waals surface area contributed by atoms with Crippen LogP contribution in [0.3, 0.4) is 0 Å². The van der Waals surface area contributed by atoms with Gasteiger partial charge in [0.15, 0.2) is 0 Å². The molecular weight excluding hydrogens is 274 g/mol. The Kier molecular flexibility index (Phi) is 4.81. The summed E-state index contributed by atoms with van der Waals surface area (Å²) in [5.41, 5.74) is 1.89. The molecule has 0 unspecified atom stereocenters. The average Bonchev–Trinajstić information content (AvgIpc) is 2.87. The van der Waals surface area contributed by atoms with Gasteiger partial charge in [0.2, 0.25) is 0 Å². The molecule has 106 valence electrons. The molecule has 0 saturated heterocycles. The number of thiazole rings is 1. The second-order valence-corrected chi connectivity index (χ2v) is 5.73. The third-order valence-electron chi connectivity index (χ3n) is 2.82. The standard InChI is InChI=1S/C14H17N3O2S/c1-10(2)15-8-7-14-16-13(9-20-14)11-3-5-12(6-4-11)17(18)19/h3-6,9-10,15H,7-8H2,1-2H3. The van der Waals surface area contributed by atoms with Crippen LogP contribution in [-0.4, -0.2) is 22.5 Å². The first-order chi connectivity index (χ1) is 9.56. The van der Waals surface area contributed by atoms with Gasteiger partial charge in [-0.05, 0) is 12.1 Å². The van der Waals surface area contributed by atoms with Gasteiger partial charge in [-0.15, -0.1) is 11.3 Å². The Morgan fingerprint density at radius 1 is 1.35 bits per heavy atom. The van der Waals surface area contributed by atoms with E-state index < -0.39 is 4.92 Å². The summed E-state index contributed by atoms with van der Waals surface area (Å²) in [6, 6.07) is 6.97. The molecule has 20 heavy (non-hydrogen) atoms. The van der Waals surface area contributed by atoms with Crippen molar-refractivity contribution in [1.29, 1.82) is 0 Å². The summed E-state index contributed by atoms with van der Waals surface area (Å²) in [5, 5.41) is 17.0. The molecular formula is C14H17N3O2S. The lowest BCUT2D eigenvalue weighted by molar-refractivity contribution is -0.384. The van der Waals surface area contributed by atoms with E-state index in [4.69, 9.17) is 0 Å². The zero-order valence-electron chi connectivity index (χ0n) is 11.5. The van der Waals surface area contributed by atoms with Gasteiger partial charge < -0.3 is 5.32 Å². The van der Waals surface area contributed by atoms with Crippen molar-refractivity contribution in [3.63, 3.8) is 0 Å². The molecule has 0 amide bonds. The predicted molar refractivity (Wildman–Crippen MR) is 81.0 cm³/mol. The topological polar surface area (TPSA) is 68.1 Å². The molecule has 2 aromatic rings. The number of nitro benzene ring substituents is 1. The second-order valence-electron chi connectivity index (χ2n) is 4.79. The smallest absolute Gasteiger partial charge is 0.269 e. The van der Waals surface area contributed by atoms with Crippen molar-refractivity contribution in [3.05, 3.63) is 44.8 Å². The molecule has 2 rings (SSSR count). The second kappa shape index (κ2) is 6.58. The molecule has 0 aliphatic heterocycles. The summed E-state index contributed by atoms with van der Waals surface area (Å²) in [6.07, 6.45) is 0.899. The maximum atomic E-state index is 10.6. The molecule has 1 N–H and O–H groups in total. The lowest BCUT2D eigenvalue weighted by Crippen LogP contribution is -2.24. The normalized spacial score (nSPS) is 10.9. The Labute approximate surface area is 121 Å². The maximum Gasteiger partial charge on any atom is 0.269 e. The highest BCUT2D eigenvalue weighted by Crippen LogP contribution is 2.24. The summed E-state index contributed by atoms with van der Waals surface area (Å²) in [7, 11) is 0. The zero-order chi connectivity index (χ0) is 14.5. The van der Waals surface area contributed by atoms with Crippen molar-refractivity contribution in [1.82, 2.24) is 10.3 Å². The Balaban J connectivity index is 2.02. The van der Waals surface area contributed by atoms with Crippen molar-refractivity contribution in [3.8, 4) is 11.3 Å². The monoisotopic (exact) mass is 291 g/mol. The van der Waals surface area contributed by atoms with Crippen LogP contribution in [-0.2, 0) is 6.42 Å². The van der Waals surface area contributed by atoms with Gasteiger partial charge in [-0.1, -0.05) is 13.8 Å². The van der Waals surface area contributed by atoms with E-state index in [1.165, 1.54) is 12.1 Å². The molecule has 0 saturated carbocycles. The number of nitrogens with zero attached hydrogens (tertiary/aromatic N) is 2. The van der Waals surface area contributed by atoms with E-state index in [2.05, 4.69) is 24.1 Å². The molecule has 0 aliphatic carbocycles. The van der Waals surface area contributed by atoms with E-state index >= 15 is 0 Å². The van der Waals surface area contributed by atoms with Gasteiger partial charge in [-0.25, -0.2) is 4.98 Å². The number of nitrogens with one attached hydrogen (secondary N) is 1. The van der Waals surface area contributed by atoms with Crippen LogP contribution in [0.4, 0.5) is 5.69 Å². The summed E-state index contributed by atoms with van der Waals surface area (Å²) < 4.78 is 0. The Morgan fingerprint density at radius 2 is 2.05 bits per heavy atom. The van der Waals surface area contributed by atoms with E-state index in [9.17, 15) is 10.1 Å². The average molecular weight is 291 g/mol. The number of hydrogen-bond acceptors (Lipinski definition) is 5. The highest BCUT2D eigenvalue weighted by Gasteiger charge is 2.08. The van der Waals surface area contributed by atoms with Crippen LogP contribution in [0.25, 0.3) is 11.3 Å². The van der Waals surface area contributed by atoms with Crippen LogP contribution in [0, 0.1) is 10.1 Å². The lowest BCUT2D eigenvalue weighted by Gasteiger charge is -2.05. The van der Waals surface area contributed by atoms with Gasteiger partial charge in [0.25, 0.3) is 5.69 Å². The van der Waals surface area contributed by atoms with Crippen LogP contribution in [0.2, 0.25) is 0 Å². The number of benzene rings is 1. The minimum absolute atomic E-state index is 0.102. The Hall–Kier alpha value is -1.79. The molecule has 5 nitrogen and oxygen atoms in total. The first-order valence-corrected chi connectivity index (χ1v) is 7.37. The molecule has 0 atom stereocenters. The van der Waals surface area contributed by atoms with Gasteiger partial charge in [0, 0.05) is 42.1 Å².